The van der Waals surface area contributed by atoms with Gasteiger partial charge < -0.3 is 14.2 Å². The number of hydrogen-bond donors (Lipinski definition) is 0. The number of carbonyl (C=O) groups excluding carboxylic acids is 3. The Labute approximate surface area is 386 Å². The van der Waals surface area contributed by atoms with Gasteiger partial charge in [-0.1, -0.05) is 258 Å². The van der Waals surface area contributed by atoms with Crippen LogP contribution in [0.25, 0.3) is 0 Å². The lowest BCUT2D eigenvalue weighted by Gasteiger charge is -2.18. The fraction of sp³-hybridized carbons (Fsp3) is 0.911. The first kappa shape index (κ1) is 60.2. The molecule has 1 unspecified atom stereocenters. The smallest absolute Gasteiger partial charge is 0.306 e. The minimum absolute atomic E-state index is 0.0678. The molecule has 0 fully saturated rings. The maximum Gasteiger partial charge on any atom is 0.306 e. The topological polar surface area (TPSA) is 78.9 Å². The van der Waals surface area contributed by atoms with Gasteiger partial charge in [0, 0.05) is 19.3 Å². The molecule has 6 nitrogen and oxygen atoms in total. The highest BCUT2D eigenvalue weighted by molar-refractivity contribution is 5.71. The zero-order valence-corrected chi connectivity index (χ0v) is 41.9. The second-order valence-corrected chi connectivity index (χ2v) is 18.9. The van der Waals surface area contributed by atoms with Crippen molar-refractivity contribution in [2.75, 3.05) is 13.2 Å². The van der Waals surface area contributed by atoms with E-state index in [4.69, 9.17) is 14.2 Å². The van der Waals surface area contributed by atoms with Gasteiger partial charge in [0.2, 0.25) is 0 Å². The Hall–Kier alpha value is -1.85. The first-order valence-corrected chi connectivity index (χ1v) is 27.7. The lowest BCUT2D eigenvalue weighted by molar-refractivity contribution is -0.167. The van der Waals surface area contributed by atoms with Crippen LogP contribution in [0.3, 0.4) is 0 Å². The van der Waals surface area contributed by atoms with Crippen molar-refractivity contribution in [1.82, 2.24) is 0 Å². The lowest BCUT2D eigenvalue weighted by Crippen LogP contribution is -2.30. The van der Waals surface area contributed by atoms with Gasteiger partial charge in [0.15, 0.2) is 6.10 Å². The van der Waals surface area contributed by atoms with Crippen molar-refractivity contribution < 1.29 is 28.6 Å². The Balaban J connectivity index is 4.27. The van der Waals surface area contributed by atoms with Crippen LogP contribution in [0, 0.1) is 0 Å². The van der Waals surface area contributed by atoms with Gasteiger partial charge in [0.25, 0.3) is 0 Å². The first-order valence-electron chi connectivity index (χ1n) is 27.7. The average Bonchev–Trinajstić information content (AvgIpc) is 3.27. The highest BCUT2D eigenvalue weighted by Crippen LogP contribution is 2.17. The van der Waals surface area contributed by atoms with Crippen molar-refractivity contribution in [1.29, 1.82) is 0 Å². The molecule has 0 amide bonds. The predicted octanol–water partition coefficient (Wildman–Crippen LogP) is 18.2. The van der Waals surface area contributed by atoms with E-state index < -0.39 is 6.10 Å². The number of rotatable bonds is 51. The van der Waals surface area contributed by atoms with E-state index >= 15 is 0 Å². The number of allylic oxidation sites excluding steroid dienone is 2. The fourth-order valence-electron chi connectivity index (χ4n) is 8.32. The fourth-order valence-corrected chi connectivity index (χ4v) is 8.32. The molecular weight excluding hydrogens is 769 g/mol. The molecule has 0 saturated heterocycles. The molecule has 0 rings (SSSR count). The summed E-state index contributed by atoms with van der Waals surface area (Å²) in [6.07, 6.45) is 57.7. The number of ether oxygens (including phenoxy) is 3. The number of hydrogen-bond acceptors (Lipinski definition) is 6. The van der Waals surface area contributed by atoms with Crippen LogP contribution in [-0.2, 0) is 28.6 Å². The molecular formula is C56H106O6. The van der Waals surface area contributed by atoms with Gasteiger partial charge in [0.1, 0.15) is 13.2 Å². The molecule has 0 aromatic rings. The predicted molar refractivity (Wildman–Crippen MR) is 266 cm³/mol. The summed E-state index contributed by atoms with van der Waals surface area (Å²) in [5.41, 5.74) is 0. The van der Waals surface area contributed by atoms with Crippen LogP contribution in [0.1, 0.15) is 310 Å². The third-order valence-corrected chi connectivity index (χ3v) is 12.5. The molecule has 0 aromatic carbocycles. The van der Waals surface area contributed by atoms with Crippen LogP contribution in [0.4, 0.5) is 0 Å². The van der Waals surface area contributed by atoms with E-state index in [1.807, 2.05) is 0 Å². The van der Waals surface area contributed by atoms with Crippen LogP contribution < -0.4 is 0 Å². The maximum atomic E-state index is 12.8. The van der Waals surface area contributed by atoms with Gasteiger partial charge in [-0.15, -0.1) is 0 Å². The Morgan fingerprint density at radius 3 is 0.823 bits per heavy atom. The van der Waals surface area contributed by atoms with Crippen LogP contribution in [0.15, 0.2) is 12.2 Å². The highest BCUT2D eigenvalue weighted by atomic mass is 16.6. The Bertz CT molecular complexity index is 962. The molecule has 0 saturated carbocycles. The Kier molecular flexibility index (Phi) is 50.2. The standard InChI is InChI=1S/C56H106O6/c1-4-7-10-13-16-19-22-25-26-27-28-29-30-32-34-37-40-43-46-49-55(58)61-52-53(51-60-54(57)48-45-42-39-36-33-24-21-18-15-12-9-6-3)62-56(59)50-47-44-41-38-35-31-23-20-17-14-11-8-5-2/h20,23,53H,4-19,21-22,24-52H2,1-3H3/b23-20-. The molecule has 0 heterocycles. The molecule has 0 radical (unpaired) electrons. The molecule has 0 aromatic heterocycles. The summed E-state index contributed by atoms with van der Waals surface area (Å²) >= 11 is 0. The zero-order chi connectivity index (χ0) is 45.1. The highest BCUT2D eigenvalue weighted by Gasteiger charge is 2.19. The van der Waals surface area contributed by atoms with E-state index in [-0.39, 0.29) is 31.1 Å². The number of carbonyl (C=O) groups is 3. The van der Waals surface area contributed by atoms with Gasteiger partial charge >= 0.3 is 17.9 Å². The second kappa shape index (κ2) is 51.8. The van der Waals surface area contributed by atoms with Gasteiger partial charge in [-0.3, -0.25) is 14.4 Å². The monoisotopic (exact) mass is 875 g/mol. The lowest BCUT2D eigenvalue weighted by atomic mass is 10.0. The maximum absolute atomic E-state index is 12.8. The molecule has 0 bridgehead atoms. The zero-order valence-electron chi connectivity index (χ0n) is 41.9. The van der Waals surface area contributed by atoms with E-state index in [2.05, 4.69) is 32.9 Å². The molecule has 0 N–H and O–H groups in total. The molecule has 0 spiro atoms. The largest absolute Gasteiger partial charge is 0.462 e. The molecule has 6 heteroatoms. The van der Waals surface area contributed by atoms with Crippen molar-refractivity contribution in [3.63, 3.8) is 0 Å². The third kappa shape index (κ3) is 49.2. The SMILES string of the molecule is CCCCCC/C=C\CCCCCCCC(=O)OC(COC(=O)CCCCCCCCCCCCCC)COC(=O)CCCCCCCCCCCCCCCCCCCCC. The van der Waals surface area contributed by atoms with Crippen molar-refractivity contribution in [2.45, 2.75) is 316 Å². The average molecular weight is 875 g/mol. The van der Waals surface area contributed by atoms with Crippen LogP contribution in [0.5, 0.6) is 0 Å². The van der Waals surface area contributed by atoms with Crippen molar-refractivity contribution in [2.24, 2.45) is 0 Å². The van der Waals surface area contributed by atoms with Gasteiger partial charge in [-0.25, -0.2) is 0 Å². The summed E-state index contributed by atoms with van der Waals surface area (Å²) in [5, 5.41) is 0. The van der Waals surface area contributed by atoms with E-state index in [1.54, 1.807) is 0 Å². The van der Waals surface area contributed by atoms with Crippen LogP contribution >= 0.6 is 0 Å². The number of esters is 3. The summed E-state index contributed by atoms with van der Waals surface area (Å²) in [6, 6.07) is 0. The normalized spacial score (nSPS) is 12.0. The van der Waals surface area contributed by atoms with Crippen molar-refractivity contribution >= 4 is 17.9 Å². The molecule has 62 heavy (non-hydrogen) atoms. The van der Waals surface area contributed by atoms with Crippen LogP contribution in [0.2, 0.25) is 0 Å². The van der Waals surface area contributed by atoms with Crippen molar-refractivity contribution in [3.05, 3.63) is 12.2 Å². The van der Waals surface area contributed by atoms with E-state index in [0.717, 1.165) is 64.2 Å². The summed E-state index contributed by atoms with van der Waals surface area (Å²) in [7, 11) is 0. The van der Waals surface area contributed by atoms with E-state index in [9.17, 15) is 14.4 Å². The third-order valence-electron chi connectivity index (χ3n) is 12.5. The first-order chi connectivity index (χ1) is 30.5. The van der Waals surface area contributed by atoms with Crippen LogP contribution in [-0.4, -0.2) is 37.2 Å². The summed E-state index contributed by atoms with van der Waals surface area (Å²) in [5.74, 6) is -0.857. The number of unbranched alkanes of at least 4 members (excludes halogenated alkanes) is 38. The Morgan fingerprint density at radius 2 is 0.532 bits per heavy atom. The molecule has 366 valence electrons. The van der Waals surface area contributed by atoms with Gasteiger partial charge in [-0.05, 0) is 44.9 Å². The second-order valence-electron chi connectivity index (χ2n) is 18.9. The summed E-state index contributed by atoms with van der Waals surface area (Å²) in [6.45, 7) is 6.66. The van der Waals surface area contributed by atoms with Gasteiger partial charge in [0.05, 0.1) is 0 Å². The minimum Gasteiger partial charge on any atom is -0.462 e. The quantitative estimate of drug-likeness (QED) is 0.0262. The van der Waals surface area contributed by atoms with Gasteiger partial charge in [-0.2, -0.15) is 0 Å². The molecule has 0 aliphatic rings. The molecule has 1 atom stereocenters. The van der Waals surface area contributed by atoms with E-state index in [0.29, 0.717) is 19.3 Å². The minimum atomic E-state index is -0.767. The Morgan fingerprint density at radius 1 is 0.306 bits per heavy atom. The van der Waals surface area contributed by atoms with Crippen molar-refractivity contribution in [3.8, 4) is 0 Å². The van der Waals surface area contributed by atoms with E-state index in [1.165, 1.54) is 205 Å². The molecule has 0 aliphatic heterocycles. The summed E-state index contributed by atoms with van der Waals surface area (Å²) in [4.78, 5) is 38.0. The summed E-state index contributed by atoms with van der Waals surface area (Å²) < 4.78 is 16.8. The molecule has 0 aliphatic carbocycles.